The molecule has 1 saturated heterocycles. The van der Waals surface area contributed by atoms with Gasteiger partial charge in [-0.3, -0.25) is 24.6 Å². The fourth-order valence-corrected chi connectivity index (χ4v) is 2.37. The molecule has 2 unspecified atom stereocenters. The molecule has 1 fully saturated rings. The normalized spacial score (nSPS) is 21.9. The van der Waals surface area contributed by atoms with Crippen molar-refractivity contribution in [3.05, 3.63) is 0 Å². The molecule has 1 rings (SSSR count). The molecule has 1 aliphatic heterocycles. The van der Waals surface area contributed by atoms with E-state index in [0.29, 0.717) is 19.4 Å². The summed E-state index contributed by atoms with van der Waals surface area (Å²) in [5.74, 6) is -1.05. The summed E-state index contributed by atoms with van der Waals surface area (Å²) in [6.45, 7) is 5.92. The van der Waals surface area contributed by atoms with E-state index in [1.54, 1.807) is 11.8 Å². The van der Waals surface area contributed by atoms with Crippen LogP contribution in [0.2, 0.25) is 0 Å². The first-order valence-corrected chi connectivity index (χ1v) is 6.81. The van der Waals surface area contributed by atoms with Gasteiger partial charge in [-0.15, -0.1) is 0 Å². The Balaban J connectivity index is 2.93. The first kappa shape index (κ1) is 15.6. The van der Waals surface area contributed by atoms with E-state index in [0.717, 1.165) is 6.42 Å². The Bertz CT molecular complexity index is 357. The second kappa shape index (κ2) is 7.23. The minimum Gasteiger partial charge on any atom is -0.465 e. The highest BCUT2D eigenvalue weighted by Gasteiger charge is 2.39. The summed E-state index contributed by atoms with van der Waals surface area (Å²) in [6.07, 6.45) is 1.92. The Kier molecular flexibility index (Phi) is 5.95. The van der Waals surface area contributed by atoms with Crippen molar-refractivity contribution in [1.82, 2.24) is 10.2 Å². The van der Waals surface area contributed by atoms with Crippen molar-refractivity contribution in [3.8, 4) is 0 Å². The number of nitrogens with zero attached hydrogens (tertiary/aromatic N) is 1. The Labute approximate surface area is 113 Å². The summed E-state index contributed by atoms with van der Waals surface area (Å²) >= 11 is 0. The third kappa shape index (κ3) is 3.76. The first-order chi connectivity index (χ1) is 9.04. The van der Waals surface area contributed by atoms with Gasteiger partial charge < -0.3 is 4.74 Å². The van der Waals surface area contributed by atoms with E-state index >= 15 is 0 Å². The second-order valence-corrected chi connectivity index (χ2v) is 4.57. The number of hydrogen-bond donors (Lipinski definition) is 1. The maximum atomic E-state index is 12.0. The minimum atomic E-state index is -0.523. The molecule has 2 atom stereocenters. The average Bonchev–Trinajstić information content (AvgIpc) is 2.35. The zero-order valence-corrected chi connectivity index (χ0v) is 11.8. The number of amides is 2. The molecule has 19 heavy (non-hydrogen) atoms. The quantitative estimate of drug-likeness (QED) is 0.560. The number of nitrogens with one attached hydrogen (secondary N) is 1. The molecule has 6 heteroatoms. The molecule has 0 aromatic heterocycles. The van der Waals surface area contributed by atoms with E-state index < -0.39 is 12.1 Å². The maximum absolute atomic E-state index is 12.0. The van der Waals surface area contributed by atoms with Crippen molar-refractivity contribution < 1.29 is 19.1 Å². The summed E-state index contributed by atoms with van der Waals surface area (Å²) in [5.41, 5.74) is 0. The van der Waals surface area contributed by atoms with Crippen LogP contribution in [0.15, 0.2) is 0 Å². The maximum Gasteiger partial charge on any atom is 0.323 e. The van der Waals surface area contributed by atoms with Crippen LogP contribution in [0.4, 0.5) is 0 Å². The van der Waals surface area contributed by atoms with Gasteiger partial charge in [0, 0.05) is 0 Å². The number of carbonyl (C=O) groups is 3. The number of hydrogen-bond acceptors (Lipinski definition) is 5. The highest BCUT2D eigenvalue weighted by atomic mass is 16.5. The number of ether oxygens (including phenoxy) is 1. The van der Waals surface area contributed by atoms with Crippen molar-refractivity contribution in [2.45, 2.75) is 52.1 Å². The van der Waals surface area contributed by atoms with Crippen molar-refractivity contribution in [2.75, 3.05) is 13.2 Å². The number of imide groups is 1. The van der Waals surface area contributed by atoms with Crippen molar-refractivity contribution in [3.63, 3.8) is 0 Å². The van der Waals surface area contributed by atoms with E-state index in [9.17, 15) is 14.4 Å². The highest BCUT2D eigenvalue weighted by Crippen LogP contribution is 2.18. The third-order valence-electron chi connectivity index (χ3n) is 3.20. The van der Waals surface area contributed by atoms with E-state index in [2.05, 4.69) is 5.32 Å². The number of esters is 1. The summed E-state index contributed by atoms with van der Waals surface area (Å²) < 4.78 is 5.05. The van der Waals surface area contributed by atoms with Gasteiger partial charge in [-0.1, -0.05) is 20.3 Å². The van der Waals surface area contributed by atoms with Gasteiger partial charge in [0.05, 0.1) is 19.2 Å². The third-order valence-corrected chi connectivity index (χ3v) is 3.20. The molecule has 108 valence electrons. The molecule has 6 nitrogen and oxygen atoms in total. The number of rotatable bonds is 6. The molecule has 0 radical (unpaired) electrons. The second-order valence-electron chi connectivity index (χ2n) is 4.57. The van der Waals surface area contributed by atoms with Crippen LogP contribution in [-0.2, 0) is 19.1 Å². The van der Waals surface area contributed by atoms with Crippen LogP contribution in [0.25, 0.3) is 0 Å². The molecule has 1 heterocycles. The van der Waals surface area contributed by atoms with Gasteiger partial charge in [0.2, 0.25) is 11.8 Å². The van der Waals surface area contributed by atoms with Crippen LogP contribution in [-0.4, -0.2) is 47.9 Å². The molecule has 0 spiro atoms. The van der Waals surface area contributed by atoms with Gasteiger partial charge in [-0.05, 0) is 19.8 Å². The molecular formula is C13H22N2O4. The van der Waals surface area contributed by atoms with Crippen molar-refractivity contribution in [1.29, 1.82) is 0 Å². The lowest BCUT2D eigenvalue weighted by atomic mass is 10.0. The number of carbonyl (C=O) groups excluding carboxylic acids is 3. The average molecular weight is 270 g/mol. The lowest BCUT2D eigenvalue weighted by Crippen LogP contribution is -2.62. The molecule has 0 aromatic rings. The van der Waals surface area contributed by atoms with Gasteiger partial charge in [0.25, 0.3) is 0 Å². The van der Waals surface area contributed by atoms with E-state index in [4.69, 9.17) is 4.74 Å². The topological polar surface area (TPSA) is 75.7 Å². The van der Waals surface area contributed by atoms with Crippen molar-refractivity contribution >= 4 is 17.8 Å². The zero-order valence-electron chi connectivity index (χ0n) is 11.8. The van der Waals surface area contributed by atoms with Crippen LogP contribution in [0, 0.1) is 0 Å². The van der Waals surface area contributed by atoms with Gasteiger partial charge in [0.1, 0.15) is 6.04 Å². The summed E-state index contributed by atoms with van der Waals surface area (Å²) in [6, 6.07) is -0.969. The fraction of sp³-hybridized carbons (Fsp3) is 0.769. The molecule has 2 amide bonds. The largest absolute Gasteiger partial charge is 0.465 e. The van der Waals surface area contributed by atoms with Crippen LogP contribution < -0.4 is 5.32 Å². The molecule has 1 N–H and O–H groups in total. The molecule has 0 saturated carbocycles. The first-order valence-electron chi connectivity index (χ1n) is 6.81. The van der Waals surface area contributed by atoms with E-state index in [1.165, 1.54) is 0 Å². The molecule has 1 aliphatic rings. The smallest absolute Gasteiger partial charge is 0.323 e. The fourth-order valence-electron chi connectivity index (χ4n) is 2.37. The van der Waals surface area contributed by atoms with Gasteiger partial charge in [-0.2, -0.15) is 0 Å². The Morgan fingerprint density at radius 3 is 2.63 bits per heavy atom. The zero-order chi connectivity index (χ0) is 14.4. The van der Waals surface area contributed by atoms with Crippen LogP contribution in [0.3, 0.4) is 0 Å². The van der Waals surface area contributed by atoms with E-state index in [1.807, 2.05) is 13.8 Å². The molecule has 0 bridgehead atoms. The predicted molar refractivity (Wildman–Crippen MR) is 69.3 cm³/mol. The molecular weight excluding hydrogens is 248 g/mol. The van der Waals surface area contributed by atoms with Gasteiger partial charge in [0.15, 0.2) is 0 Å². The lowest BCUT2D eigenvalue weighted by Gasteiger charge is -2.37. The standard InChI is InChI=1S/C13H22N2O4/c1-4-7-10(13(18)19-6-3)15-8-11(16)14-12(17)9(15)5-2/h9-10H,4-8H2,1-3H3,(H,14,16,17). The monoisotopic (exact) mass is 270 g/mol. The summed E-state index contributed by atoms with van der Waals surface area (Å²) in [5, 5.41) is 2.31. The van der Waals surface area contributed by atoms with Crippen LogP contribution in [0.1, 0.15) is 40.0 Å². The van der Waals surface area contributed by atoms with Gasteiger partial charge >= 0.3 is 5.97 Å². The Hall–Kier alpha value is -1.43. The summed E-state index contributed by atoms with van der Waals surface area (Å²) in [7, 11) is 0. The van der Waals surface area contributed by atoms with E-state index in [-0.39, 0.29) is 24.3 Å². The minimum absolute atomic E-state index is 0.0632. The van der Waals surface area contributed by atoms with Crippen LogP contribution >= 0.6 is 0 Å². The Morgan fingerprint density at radius 2 is 2.11 bits per heavy atom. The van der Waals surface area contributed by atoms with Gasteiger partial charge in [-0.25, -0.2) is 0 Å². The molecule has 0 aliphatic carbocycles. The summed E-state index contributed by atoms with van der Waals surface area (Å²) in [4.78, 5) is 37.0. The molecule has 0 aromatic carbocycles. The predicted octanol–water partition coefficient (Wildman–Crippen LogP) is 0.455. The lowest BCUT2D eigenvalue weighted by molar-refractivity contribution is -0.155. The number of piperazine rings is 1. The Morgan fingerprint density at radius 1 is 1.42 bits per heavy atom. The SMILES string of the molecule is CCCC(C(=O)OCC)N1CC(=O)NC(=O)C1CC. The van der Waals surface area contributed by atoms with Crippen molar-refractivity contribution in [2.24, 2.45) is 0 Å². The van der Waals surface area contributed by atoms with Crippen LogP contribution in [0.5, 0.6) is 0 Å². The highest BCUT2D eigenvalue weighted by molar-refractivity contribution is 6.01.